The number of anilines is 1. The average molecular weight is 558 g/mol. The van der Waals surface area contributed by atoms with E-state index in [2.05, 4.69) is 20.3 Å². The summed E-state index contributed by atoms with van der Waals surface area (Å²) in [6.45, 7) is 0.00680. The monoisotopic (exact) mass is 557 g/mol. The van der Waals surface area contributed by atoms with Crippen molar-refractivity contribution >= 4 is 56.4 Å². The van der Waals surface area contributed by atoms with Gasteiger partial charge in [-0.15, -0.1) is 11.3 Å². The molecule has 4 N–H and O–H groups in total. The van der Waals surface area contributed by atoms with Crippen molar-refractivity contribution in [1.29, 1.82) is 0 Å². The zero-order chi connectivity index (χ0) is 25.2. The van der Waals surface area contributed by atoms with Crippen LogP contribution in [0, 0.1) is 5.92 Å². The van der Waals surface area contributed by atoms with E-state index in [1.807, 2.05) is 0 Å². The van der Waals surface area contributed by atoms with Crippen molar-refractivity contribution in [2.24, 2.45) is 11.1 Å². The van der Waals surface area contributed by atoms with Crippen LogP contribution in [0.2, 0.25) is 9.49 Å². The minimum atomic E-state index is -3.99. The van der Waals surface area contributed by atoms with E-state index >= 15 is 0 Å². The third-order valence-electron chi connectivity index (χ3n) is 5.56. The van der Waals surface area contributed by atoms with Crippen LogP contribution in [0.25, 0.3) is 0 Å². The van der Waals surface area contributed by atoms with Crippen LogP contribution in [0.3, 0.4) is 0 Å². The van der Waals surface area contributed by atoms with Crippen molar-refractivity contribution in [3.63, 3.8) is 0 Å². The van der Waals surface area contributed by atoms with Gasteiger partial charge in [-0.3, -0.25) is 8.98 Å². The number of hydrogen-bond acceptors (Lipinski definition) is 10. The molecule has 3 aromatic rings. The van der Waals surface area contributed by atoms with Gasteiger partial charge < -0.3 is 10.4 Å². The molecule has 0 saturated heterocycles. The number of nitrogens with one attached hydrogen (secondary N) is 1. The number of thiophene rings is 1. The summed E-state index contributed by atoms with van der Waals surface area (Å²) in [4.78, 5) is 25.9. The van der Waals surface area contributed by atoms with Crippen molar-refractivity contribution < 1.29 is 22.5 Å². The molecule has 4 rings (SSSR count). The van der Waals surface area contributed by atoms with E-state index in [1.54, 1.807) is 18.2 Å². The number of rotatable bonds is 9. The maximum Gasteiger partial charge on any atom is 0.333 e. The first-order valence-electron chi connectivity index (χ1n) is 10.5. The van der Waals surface area contributed by atoms with Crippen LogP contribution in [0.5, 0.6) is 0 Å². The molecular formula is C21H21Cl2N5O5S2. The SMILES string of the molecule is NS(=O)(=O)OC[C@@H]1CCC(Nc2ncncc2C(=O)c2cc(C(O)c3cccc(Cl)n3)c(Cl)s2)C1. The maximum atomic E-state index is 13.3. The van der Waals surface area contributed by atoms with E-state index in [0.29, 0.717) is 28.4 Å². The van der Waals surface area contributed by atoms with E-state index in [0.717, 1.165) is 24.2 Å². The van der Waals surface area contributed by atoms with Crippen LogP contribution in [-0.4, -0.2) is 46.9 Å². The number of halogens is 2. The molecule has 1 fully saturated rings. The number of aliphatic hydroxyl groups is 1. The van der Waals surface area contributed by atoms with Crippen molar-refractivity contribution in [1.82, 2.24) is 15.0 Å². The molecule has 0 aromatic carbocycles. The van der Waals surface area contributed by atoms with Crippen molar-refractivity contribution in [3.8, 4) is 0 Å². The van der Waals surface area contributed by atoms with Crippen molar-refractivity contribution in [2.45, 2.75) is 31.4 Å². The van der Waals surface area contributed by atoms with Gasteiger partial charge >= 0.3 is 10.3 Å². The first-order chi connectivity index (χ1) is 16.6. The minimum absolute atomic E-state index is 0.00654. The van der Waals surface area contributed by atoms with E-state index < -0.39 is 16.4 Å². The highest BCUT2D eigenvalue weighted by Crippen LogP contribution is 2.37. The number of carbonyl (C=O) groups excluding carboxylic acids is 1. The van der Waals surface area contributed by atoms with Gasteiger partial charge in [-0.1, -0.05) is 29.3 Å². The summed E-state index contributed by atoms with van der Waals surface area (Å²) in [6, 6.07) is 6.35. The quantitative estimate of drug-likeness (QED) is 0.265. The first kappa shape index (κ1) is 25.9. The predicted molar refractivity (Wildman–Crippen MR) is 132 cm³/mol. The number of aliphatic hydroxyl groups excluding tert-OH is 1. The third-order valence-corrected chi connectivity index (χ3v) is 7.62. The van der Waals surface area contributed by atoms with Gasteiger partial charge in [-0.05, 0) is 43.4 Å². The fourth-order valence-corrected chi connectivity index (χ4v) is 5.73. The molecule has 1 saturated carbocycles. The number of ketones is 1. The largest absolute Gasteiger partial charge is 0.382 e. The van der Waals surface area contributed by atoms with Crippen LogP contribution in [0.4, 0.5) is 5.82 Å². The van der Waals surface area contributed by atoms with Crippen LogP contribution in [-0.2, 0) is 14.5 Å². The van der Waals surface area contributed by atoms with E-state index in [9.17, 15) is 18.3 Å². The van der Waals surface area contributed by atoms with Crippen LogP contribution < -0.4 is 10.5 Å². The molecular weight excluding hydrogens is 537 g/mol. The van der Waals surface area contributed by atoms with Gasteiger partial charge in [0.15, 0.2) is 0 Å². The number of nitrogens with zero attached hydrogens (tertiary/aromatic N) is 3. The minimum Gasteiger partial charge on any atom is -0.382 e. The van der Waals surface area contributed by atoms with Crippen LogP contribution in [0.1, 0.15) is 51.9 Å². The van der Waals surface area contributed by atoms with E-state index in [4.69, 9.17) is 32.5 Å². The molecule has 0 amide bonds. The topological polar surface area (TPSA) is 157 Å². The Labute approximate surface area is 215 Å². The highest BCUT2D eigenvalue weighted by molar-refractivity contribution is 7.84. The number of hydrogen-bond donors (Lipinski definition) is 3. The van der Waals surface area contributed by atoms with Crippen molar-refractivity contribution in [2.75, 3.05) is 11.9 Å². The van der Waals surface area contributed by atoms with Gasteiger partial charge in [0.05, 0.1) is 27.1 Å². The summed E-state index contributed by atoms with van der Waals surface area (Å²) in [5.41, 5.74) is 0.898. The van der Waals surface area contributed by atoms with Gasteiger partial charge in [0.2, 0.25) is 5.78 Å². The van der Waals surface area contributed by atoms with E-state index in [1.165, 1.54) is 18.6 Å². The van der Waals surface area contributed by atoms with Gasteiger partial charge in [0.25, 0.3) is 0 Å². The summed E-state index contributed by atoms with van der Waals surface area (Å²) < 4.78 is 27.0. The second kappa shape index (κ2) is 10.8. The average Bonchev–Trinajstić information content (AvgIpc) is 3.43. The molecule has 1 aliphatic rings. The molecule has 186 valence electrons. The summed E-state index contributed by atoms with van der Waals surface area (Å²) in [5, 5.41) is 19.1. The molecule has 0 aliphatic heterocycles. The normalized spacial score (nSPS) is 19.0. The zero-order valence-electron chi connectivity index (χ0n) is 18.1. The summed E-state index contributed by atoms with van der Waals surface area (Å²) in [7, 11) is -3.99. The standard InChI is InChI=1S/C21H21Cl2N5O5S2/c22-17-3-1-2-15(28-17)18(29)13-7-16(34-20(13)23)19(30)14-8-25-10-26-21(14)27-12-5-4-11(6-12)9-33-35(24,31)32/h1-3,7-8,10-12,18,29H,4-6,9H2,(H2,24,31,32)(H,25,26,27)/t11-,12?,18?/m1/s1. The molecule has 1 aliphatic carbocycles. The predicted octanol–water partition coefficient (Wildman–Crippen LogP) is 3.35. The maximum absolute atomic E-state index is 13.3. The Kier molecular flexibility index (Phi) is 8.01. The Morgan fingerprint density at radius 2 is 2.14 bits per heavy atom. The smallest absolute Gasteiger partial charge is 0.333 e. The van der Waals surface area contributed by atoms with Crippen LogP contribution >= 0.6 is 34.5 Å². The molecule has 3 aromatic heterocycles. The van der Waals surface area contributed by atoms with Gasteiger partial charge in [0, 0.05) is 17.8 Å². The molecule has 3 atom stereocenters. The lowest BCUT2D eigenvalue weighted by Crippen LogP contribution is -2.22. The number of pyridine rings is 1. The highest BCUT2D eigenvalue weighted by Gasteiger charge is 2.28. The molecule has 0 spiro atoms. The highest BCUT2D eigenvalue weighted by atomic mass is 35.5. The fourth-order valence-electron chi connectivity index (χ4n) is 3.90. The molecule has 10 nitrogen and oxygen atoms in total. The van der Waals surface area contributed by atoms with Gasteiger partial charge in [-0.25, -0.2) is 20.1 Å². The van der Waals surface area contributed by atoms with E-state index in [-0.39, 0.29) is 39.4 Å². The Balaban J connectivity index is 1.49. The number of nitrogens with two attached hydrogens (primary N) is 1. The van der Waals surface area contributed by atoms with Gasteiger partial charge in [-0.2, -0.15) is 8.42 Å². The fraction of sp³-hybridized carbons (Fsp3) is 0.333. The van der Waals surface area contributed by atoms with Gasteiger partial charge in [0.1, 0.15) is 23.4 Å². The molecule has 0 radical (unpaired) electrons. The first-order valence-corrected chi connectivity index (χ1v) is 13.5. The second-order valence-electron chi connectivity index (χ2n) is 8.04. The second-order valence-corrected chi connectivity index (χ2v) is 11.3. The lowest BCUT2D eigenvalue weighted by atomic mass is 10.1. The van der Waals surface area contributed by atoms with Crippen molar-refractivity contribution in [3.05, 3.63) is 68.0 Å². The number of carbonyl (C=O) groups is 1. The Bertz CT molecular complexity index is 1340. The summed E-state index contributed by atoms with van der Waals surface area (Å²) >= 11 is 13.3. The molecule has 2 unspecified atom stereocenters. The molecule has 0 bridgehead atoms. The number of aromatic nitrogens is 3. The lowest BCUT2D eigenvalue weighted by molar-refractivity contribution is 0.104. The lowest BCUT2D eigenvalue weighted by Gasteiger charge is -2.15. The molecule has 3 heterocycles. The van der Waals surface area contributed by atoms with Crippen LogP contribution in [0.15, 0.2) is 36.8 Å². The molecule has 14 heteroatoms. The Morgan fingerprint density at radius 3 is 2.89 bits per heavy atom. The third kappa shape index (κ3) is 6.53. The summed E-state index contributed by atoms with van der Waals surface area (Å²) in [5.74, 6) is 0.00261. The summed E-state index contributed by atoms with van der Waals surface area (Å²) in [6.07, 6.45) is 3.69. The Morgan fingerprint density at radius 1 is 1.34 bits per heavy atom. The molecule has 35 heavy (non-hydrogen) atoms. The Hall–Kier alpha value is -2.19. The zero-order valence-corrected chi connectivity index (χ0v) is 21.2.